The number of nitrogens with zero attached hydrogens (tertiary/aromatic N) is 1. The summed E-state index contributed by atoms with van der Waals surface area (Å²) in [7, 11) is 0. The van der Waals surface area contributed by atoms with Gasteiger partial charge in [-0.1, -0.05) is 62.2 Å². The molecule has 1 heterocycles. The van der Waals surface area contributed by atoms with Gasteiger partial charge in [-0.2, -0.15) is 0 Å². The van der Waals surface area contributed by atoms with Crippen LogP contribution in [0.4, 0.5) is 4.79 Å². The van der Waals surface area contributed by atoms with E-state index in [9.17, 15) is 14.7 Å². The van der Waals surface area contributed by atoms with Crippen LogP contribution in [0.1, 0.15) is 39.2 Å². The van der Waals surface area contributed by atoms with Crippen LogP contribution in [0.2, 0.25) is 10.0 Å². The molecule has 10 heteroatoms. The summed E-state index contributed by atoms with van der Waals surface area (Å²) in [6.07, 6.45) is 0.117. The molecule has 8 nitrogen and oxygen atoms in total. The molecule has 1 aromatic heterocycles. The van der Waals surface area contributed by atoms with Crippen molar-refractivity contribution in [2.24, 2.45) is 17.3 Å². The van der Waals surface area contributed by atoms with Crippen molar-refractivity contribution in [3.05, 3.63) is 64.1 Å². The predicted octanol–water partition coefficient (Wildman–Crippen LogP) is 6.62. The van der Waals surface area contributed by atoms with E-state index in [1.807, 2.05) is 30.3 Å². The number of carboxylic acids is 1. The summed E-state index contributed by atoms with van der Waals surface area (Å²) in [5.41, 5.74) is 2.75. The van der Waals surface area contributed by atoms with E-state index in [-0.39, 0.29) is 23.7 Å². The van der Waals surface area contributed by atoms with Crippen molar-refractivity contribution < 1.29 is 29.7 Å². The Morgan fingerprint density at radius 3 is 2.21 bits per heavy atom. The average molecular weight is 561 g/mol. The van der Waals surface area contributed by atoms with Crippen LogP contribution in [0.15, 0.2) is 48.5 Å². The quantitative estimate of drug-likeness (QED) is 0.266. The lowest BCUT2D eigenvalue weighted by atomic mass is 9.76. The first kappa shape index (κ1) is 29.2. The highest BCUT2D eigenvalue weighted by atomic mass is 35.5. The minimum atomic E-state index is -1.83. The third kappa shape index (κ3) is 6.74. The number of aromatic nitrogens is 1. The number of aliphatic carboxylic acids is 1. The molecular weight excluding hydrogens is 531 g/mol. The number of carboxylic acid groups (broad SMARTS) is 3. The first-order chi connectivity index (χ1) is 17.8. The maximum absolute atomic E-state index is 12.9. The molecule has 0 aliphatic heterocycles. The van der Waals surface area contributed by atoms with Crippen LogP contribution in [0.25, 0.3) is 22.2 Å². The predicted molar refractivity (Wildman–Crippen MR) is 147 cm³/mol. The Bertz CT molecular complexity index is 1340. The Morgan fingerprint density at radius 1 is 1.03 bits per heavy atom. The molecule has 1 saturated carbocycles. The maximum Gasteiger partial charge on any atom is 0.503 e. The van der Waals surface area contributed by atoms with E-state index in [4.69, 9.17) is 43.2 Å². The van der Waals surface area contributed by atoms with Crippen LogP contribution in [-0.2, 0) is 16.0 Å². The molecule has 0 bridgehead atoms. The monoisotopic (exact) mass is 560 g/mol. The second-order valence-electron chi connectivity index (χ2n) is 10.1. The normalized spacial score (nSPS) is 18.8. The number of hydrogen-bond donors (Lipinski definition) is 4. The van der Waals surface area contributed by atoms with E-state index in [0.29, 0.717) is 27.2 Å². The van der Waals surface area contributed by atoms with E-state index in [2.05, 4.69) is 26.1 Å². The molecule has 2 aromatic carbocycles. The number of benzene rings is 2. The molecule has 0 saturated heterocycles. The van der Waals surface area contributed by atoms with Crippen LogP contribution in [0.5, 0.6) is 0 Å². The fourth-order valence-corrected chi connectivity index (χ4v) is 5.46. The highest BCUT2D eigenvalue weighted by molar-refractivity contribution is 6.39. The van der Waals surface area contributed by atoms with E-state index < -0.39 is 18.2 Å². The third-order valence-electron chi connectivity index (χ3n) is 7.40. The minimum absolute atomic E-state index is 0.149. The summed E-state index contributed by atoms with van der Waals surface area (Å²) in [4.78, 5) is 38.1. The summed E-state index contributed by atoms with van der Waals surface area (Å²) < 4.78 is 0. The molecule has 1 unspecified atom stereocenters. The van der Waals surface area contributed by atoms with Crippen LogP contribution < -0.4 is 5.32 Å². The van der Waals surface area contributed by atoms with Crippen LogP contribution in [0.3, 0.4) is 0 Å². The van der Waals surface area contributed by atoms with Crippen molar-refractivity contribution in [3.63, 3.8) is 0 Å². The number of hydrogen-bond acceptors (Lipinski definition) is 4. The van der Waals surface area contributed by atoms with Crippen molar-refractivity contribution in [1.29, 1.82) is 0 Å². The van der Waals surface area contributed by atoms with Gasteiger partial charge < -0.3 is 20.6 Å². The summed E-state index contributed by atoms with van der Waals surface area (Å²) in [6.45, 7) is 6.33. The Balaban J connectivity index is 0.000000934. The smallest absolute Gasteiger partial charge is 0.480 e. The molecule has 202 valence electrons. The third-order valence-corrected chi connectivity index (χ3v) is 8.03. The lowest BCUT2D eigenvalue weighted by molar-refractivity contribution is -0.143. The van der Waals surface area contributed by atoms with E-state index in [1.165, 1.54) is 0 Å². The minimum Gasteiger partial charge on any atom is -0.480 e. The molecule has 0 radical (unpaired) electrons. The van der Waals surface area contributed by atoms with Crippen molar-refractivity contribution >= 4 is 52.1 Å². The highest BCUT2D eigenvalue weighted by Crippen LogP contribution is 2.47. The van der Waals surface area contributed by atoms with E-state index in [0.717, 1.165) is 29.3 Å². The van der Waals surface area contributed by atoms with Gasteiger partial charge in [0.15, 0.2) is 0 Å². The lowest BCUT2D eigenvalue weighted by Gasteiger charge is -2.31. The van der Waals surface area contributed by atoms with Crippen molar-refractivity contribution in [3.8, 4) is 11.3 Å². The van der Waals surface area contributed by atoms with E-state index in [1.54, 1.807) is 18.2 Å². The summed E-state index contributed by atoms with van der Waals surface area (Å²) in [6, 6.07) is 13.7. The molecule has 3 aromatic rings. The molecule has 1 fully saturated rings. The van der Waals surface area contributed by atoms with Gasteiger partial charge in [0, 0.05) is 23.3 Å². The second kappa shape index (κ2) is 12.0. The van der Waals surface area contributed by atoms with Gasteiger partial charge >= 0.3 is 12.1 Å². The first-order valence-corrected chi connectivity index (χ1v) is 12.9. The number of fused-ring (bicyclic) bond motifs is 1. The number of carbonyl (C=O) groups excluding carboxylic acids is 1. The van der Waals surface area contributed by atoms with Crippen molar-refractivity contribution in [2.45, 2.75) is 46.1 Å². The van der Waals surface area contributed by atoms with Gasteiger partial charge in [0.2, 0.25) is 5.91 Å². The Kier molecular flexibility index (Phi) is 9.22. The van der Waals surface area contributed by atoms with Crippen LogP contribution in [0, 0.1) is 17.3 Å². The zero-order valence-electron chi connectivity index (χ0n) is 21.2. The van der Waals surface area contributed by atoms with Gasteiger partial charge in [-0.3, -0.25) is 4.79 Å². The molecular formula is C28H30Cl2N2O6. The van der Waals surface area contributed by atoms with Crippen molar-refractivity contribution in [2.75, 3.05) is 0 Å². The molecule has 1 amide bonds. The van der Waals surface area contributed by atoms with Gasteiger partial charge in [0.05, 0.1) is 21.3 Å². The number of pyridine rings is 1. The summed E-state index contributed by atoms with van der Waals surface area (Å²) in [5, 5.41) is 28.4. The summed E-state index contributed by atoms with van der Waals surface area (Å²) >= 11 is 12.7. The van der Waals surface area contributed by atoms with Gasteiger partial charge in [0.1, 0.15) is 6.04 Å². The molecule has 1 aliphatic carbocycles. The molecule has 38 heavy (non-hydrogen) atoms. The number of rotatable bonds is 6. The standard InChI is InChI=1S/C27H28Cl2N2O3.CH2O3/c1-15-7-10-18(27(15,2)3)25(32)31-23(26(33)34)14-16-8-11-21-17(13-16)9-12-22(30-21)24-19(28)5-4-6-20(24)29;2-1(3)4/h4-6,8-9,11-13,15,18,23H,7,10,14H2,1-3H3,(H,31,32)(H,33,34);(H2,2,3,4)/t15-,18-,23?;/m1./s1. The first-order valence-electron chi connectivity index (χ1n) is 12.1. The number of carbonyl (C=O) groups is 3. The average Bonchev–Trinajstić information content (AvgIpc) is 3.10. The Morgan fingerprint density at radius 2 is 1.66 bits per heavy atom. The lowest BCUT2D eigenvalue weighted by Crippen LogP contribution is -2.47. The van der Waals surface area contributed by atoms with Gasteiger partial charge in [0.25, 0.3) is 0 Å². The molecule has 1 aliphatic rings. The zero-order chi connectivity index (χ0) is 28.2. The molecule has 4 rings (SSSR count). The second-order valence-corrected chi connectivity index (χ2v) is 10.9. The fraction of sp³-hybridized carbons (Fsp3) is 0.357. The fourth-order valence-electron chi connectivity index (χ4n) is 4.86. The number of halogens is 2. The molecule has 0 spiro atoms. The van der Waals surface area contributed by atoms with Crippen LogP contribution >= 0.6 is 23.2 Å². The maximum atomic E-state index is 12.9. The molecule has 3 atom stereocenters. The largest absolute Gasteiger partial charge is 0.503 e. The topological polar surface area (TPSA) is 137 Å². The Labute approximate surface area is 230 Å². The van der Waals surface area contributed by atoms with Gasteiger partial charge in [-0.25, -0.2) is 14.6 Å². The van der Waals surface area contributed by atoms with Crippen LogP contribution in [-0.4, -0.2) is 44.4 Å². The SMILES string of the molecule is C[C@@H]1CC[C@H](C(=O)NC(Cc2ccc3nc(-c4c(Cl)cccc4Cl)ccc3c2)C(=O)O)C1(C)C.O=C(O)O. The number of nitrogens with one attached hydrogen (secondary N) is 1. The van der Waals surface area contributed by atoms with E-state index >= 15 is 0 Å². The van der Waals surface area contributed by atoms with Crippen molar-refractivity contribution in [1.82, 2.24) is 10.3 Å². The Hall–Kier alpha value is -3.36. The summed E-state index contributed by atoms with van der Waals surface area (Å²) in [5.74, 6) is -0.977. The van der Waals surface area contributed by atoms with Gasteiger partial charge in [-0.15, -0.1) is 0 Å². The highest BCUT2D eigenvalue weighted by Gasteiger charge is 2.45. The molecule has 4 N–H and O–H groups in total. The number of amides is 1. The zero-order valence-corrected chi connectivity index (χ0v) is 22.8. The van der Waals surface area contributed by atoms with Gasteiger partial charge in [-0.05, 0) is 60.1 Å².